The normalized spacial score (nSPS) is 13.2. The Morgan fingerprint density at radius 1 is 1.21 bits per heavy atom. The first-order chi connectivity index (χ1) is 20.3. The Balaban J connectivity index is 2.03. The summed E-state index contributed by atoms with van der Waals surface area (Å²) in [5.41, 5.74) is -2.17. The van der Waals surface area contributed by atoms with Crippen molar-refractivity contribution in [2.45, 2.75) is 65.8 Å². The zero-order valence-corrected chi connectivity index (χ0v) is 25.9. The van der Waals surface area contributed by atoms with E-state index in [-0.39, 0.29) is 24.6 Å². The fraction of sp³-hybridized carbons (Fsp3) is 0.448. The lowest BCUT2D eigenvalue weighted by Crippen LogP contribution is -2.56. The molecule has 1 amide bonds. The molecular formula is C29H34FN7O5S. The maximum atomic E-state index is 14.5. The highest BCUT2D eigenvalue weighted by atomic mass is 32.1. The third kappa shape index (κ3) is 6.09. The molecular weight excluding hydrogens is 577 g/mol. The van der Waals surface area contributed by atoms with Crippen LogP contribution in [0.3, 0.4) is 0 Å². The van der Waals surface area contributed by atoms with E-state index in [0.717, 1.165) is 15.9 Å². The monoisotopic (exact) mass is 611 g/mol. The van der Waals surface area contributed by atoms with Crippen LogP contribution in [-0.4, -0.2) is 49.8 Å². The van der Waals surface area contributed by atoms with Crippen LogP contribution >= 0.6 is 11.3 Å². The smallest absolute Gasteiger partial charge is 0.333 e. The van der Waals surface area contributed by atoms with Gasteiger partial charge in [0.2, 0.25) is 5.91 Å². The second-order valence-corrected chi connectivity index (χ2v) is 12.0. The Labute approximate surface area is 251 Å². The summed E-state index contributed by atoms with van der Waals surface area (Å²) in [6.45, 7) is 9.74. The van der Waals surface area contributed by atoms with Gasteiger partial charge in [0.05, 0.1) is 50.0 Å². The van der Waals surface area contributed by atoms with E-state index in [0.29, 0.717) is 26.7 Å². The first-order valence-corrected chi connectivity index (χ1v) is 14.4. The first-order valence-electron chi connectivity index (χ1n) is 13.6. The number of aromatic nitrogens is 5. The molecule has 4 aromatic rings. The van der Waals surface area contributed by atoms with Gasteiger partial charge in [0.15, 0.2) is 0 Å². The van der Waals surface area contributed by atoms with Crippen LogP contribution in [0, 0.1) is 30.0 Å². The predicted molar refractivity (Wildman–Crippen MR) is 159 cm³/mol. The third-order valence-electron chi connectivity index (χ3n) is 6.98. The van der Waals surface area contributed by atoms with E-state index in [9.17, 15) is 24.0 Å². The van der Waals surface area contributed by atoms with Crippen molar-refractivity contribution in [3.05, 3.63) is 68.4 Å². The lowest BCUT2D eigenvalue weighted by molar-refractivity contribution is -0.129. The molecule has 0 aliphatic carbocycles. The van der Waals surface area contributed by atoms with Gasteiger partial charge in [-0.25, -0.2) is 13.8 Å². The minimum atomic E-state index is -1.59. The lowest BCUT2D eigenvalue weighted by Gasteiger charge is -2.28. The Kier molecular flexibility index (Phi) is 9.17. The van der Waals surface area contributed by atoms with Crippen LogP contribution in [0.15, 0.2) is 40.2 Å². The molecule has 2 atom stereocenters. The number of nitrogens with zero attached hydrogens (tertiary/aromatic N) is 6. The maximum Gasteiger partial charge on any atom is 0.333 e. The molecule has 0 saturated carbocycles. The number of aryl methyl sites for hydroxylation is 1. The van der Waals surface area contributed by atoms with Crippen molar-refractivity contribution in [3.63, 3.8) is 0 Å². The second-order valence-electron chi connectivity index (χ2n) is 11.0. The van der Waals surface area contributed by atoms with E-state index >= 15 is 0 Å². The van der Waals surface area contributed by atoms with Gasteiger partial charge in [0.1, 0.15) is 33.0 Å². The SMILES string of the molecule is COc1ccc(F)cc1[C@H](Cn1c(=O)n(C(C)(C)C(=O)NC(C)C)c(=O)c2c(C)c(-n3nccn3)sc21)OC[C@@H](C)C#N. The Morgan fingerprint density at radius 2 is 1.88 bits per heavy atom. The summed E-state index contributed by atoms with van der Waals surface area (Å²) >= 11 is 1.13. The number of halogens is 1. The fourth-order valence-corrected chi connectivity index (χ4v) is 5.92. The van der Waals surface area contributed by atoms with Gasteiger partial charge in [-0.05, 0) is 59.7 Å². The van der Waals surface area contributed by atoms with Crippen molar-refractivity contribution in [2.24, 2.45) is 5.92 Å². The largest absolute Gasteiger partial charge is 0.496 e. The first kappa shape index (κ1) is 31.6. The molecule has 0 saturated heterocycles. The molecule has 0 fully saturated rings. The Bertz CT molecular complexity index is 1800. The molecule has 14 heteroatoms. The van der Waals surface area contributed by atoms with Crippen LogP contribution < -0.4 is 21.3 Å². The van der Waals surface area contributed by atoms with Gasteiger partial charge in [-0.15, -0.1) is 4.80 Å². The number of hydrogen-bond donors (Lipinski definition) is 1. The summed E-state index contributed by atoms with van der Waals surface area (Å²) in [7, 11) is 1.43. The maximum absolute atomic E-state index is 14.5. The summed E-state index contributed by atoms with van der Waals surface area (Å²) in [5.74, 6) is -1.26. The third-order valence-corrected chi connectivity index (χ3v) is 8.26. The van der Waals surface area contributed by atoms with E-state index in [2.05, 4.69) is 21.6 Å². The van der Waals surface area contributed by atoms with E-state index in [1.54, 1.807) is 27.7 Å². The molecule has 228 valence electrons. The van der Waals surface area contributed by atoms with Gasteiger partial charge < -0.3 is 14.8 Å². The van der Waals surface area contributed by atoms with E-state index in [1.807, 2.05) is 0 Å². The molecule has 12 nitrogen and oxygen atoms in total. The number of rotatable bonds is 11. The van der Waals surface area contributed by atoms with Crippen molar-refractivity contribution in [1.29, 1.82) is 5.26 Å². The van der Waals surface area contributed by atoms with Crippen LogP contribution in [-0.2, 0) is 21.6 Å². The van der Waals surface area contributed by atoms with Crippen LogP contribution in [0.4, 0.5) is 4.39 Å². The zero-order valence-electron chi connectivity index (χ0n) is 25.0. The van der Waals surface area contributed by atoms with E-state index in [1.165, 1.54) is 60.9 Å². The topological polar surface area (TPSA) is 146 Å². The molecule has 1 N–H and O–H groups in total. The van der Waals surface area contributed by atoms with Gasteiger partial charge in [-0.1, -0.05) is 11.3 Å². The number of thiophene rings is 1. The summed E-state index contributed by atoms with van der Waals surface area (Å²) in [6.07, 6.45) is 2.00. The van der Waals surface area contributed by atoms with Gasteiger partial charge in [0.25, 0.3) is 5.56 Å². The molecule has 0 aliphatic heterocycles. The van der Waals surface area contributed by atoms with Crippen molar-refractivity contribution in [3.8, 4) is 16.8 Å². The number of benzene rings is 1. The van der Waals surface area contributed by atoms with Gasteiger partial charge >= 0.3 is 5.69 Å². The minimum absolute atomic E-state index is 0.0213. The van der Waals surface area contributed by atoms with Gasteiger partial charge in [-0.2, -0.15) is 15.5 Å². The summed E-state index contributed by atoms with van der Waals surface area (Å²) in [4.78, 5) is 43.4. The van der Waals surface area contributed by atoms with Crippen molar-refractivity contribution >= 4 is 27.5 Å². The predicted octanol–water partition coefficient (Wildman–Crippen LogP) is 3.44. The number of hydrogen-bond acceptors (Lipinski definition) is 9. The quantitative estimate of drug-likeness (QED) is 0.271. The molecule has 0 unspecified atom stereocenters. The highest BCUT2D eigenvalue weighted by molar-refractivity contribution is 7.21. The average molecular weight is 612 g/mol. The number of carbonyl (C=O) groups excluding carboxylic acids is 1. The average Bonchev–Trinajstić information content (AvgIpc) is 3.60. The molecule has 3 heterocycles. The van der Waals surface area contributed by atoms with Crippen LogP contribution in [0.25, 0.3) is 15.2 Å². The Hall–Kier alpha value is -4.35. The van der Waals surface area contributed by atoms with Crippen molar-refractivity contribution < 1.29 is 18.7 Å². The number of ether oxygens (including phenoxy) is 2. The number of nitrogens with one attached hydrogen (secondary N) is 1. The highest BCUT2D eigenvalue weighted by Crippen LogP contribution is 2.34. The van der Waals surface area contributed by atoms with Crippen LogP contribution in [0.2, 0.25) is 0 Å². The molecule has 4 rings (SSSR count). The summed E-state index contributed by atoms with van der Waals surface area (Å²) in [5, 5.41) is 21.3. The van der Waals surface area contributed by atoms with Gasteiger partial charge in [0, 0.05) is 17.2 Å². The minimum Gasteiger partial charge on any atom is -0.496 e. The standard InChI is InChI=1S/C29H34FN7O5S/c1-16(2)34-27(39)29(5,6)36-24(38)23-18(4)25(37-32-10-11-33-37)43-26(23)35(28(36)40)14-22(42-15-17(3)13-31)20-12-19(30)8-9-21(20)41-7/h8-12,16-17,22H,14-15H2,1-7H3,(H,34,39)/t17-,22-/m0/s1. The number of fused-ring (bicyclic) bond motifs is 1. The van der Waals surface area contributed by atoms with Crippen LogP contribution in [0.1, 0.15) is 51.8 Å². The molecule has 0 bridgehead atoms. The lowest BCUT2D eigenvalue weighted by atomic mass is 10.0. The van der Waals surface area contributed by atoms with Gasteiger partial charge in [-0.3, -0.25) is 14.2 Å². The molecule has 3 aromatic heterocycles. The van der Waals surface area contributed by atoms with Crippen molar-refractivity contribution in [1.82, 2.24) is 29.4 Å². The second kappa shape index (κ2) is 12.5. The molecule has 0 aliphatic rings. The highest BCUT2D eigenvalue weighted by Gasteiger charge is 2.36. The number of nitriles is 1. The summed E-state index contributed by atoms with van der Waals surface area (Å²) < 4.78 is 28.4. The number of amides is 1. The fourth-order valence-electron chi connectivity index (χ4n) is 4.70. The molecule has 43 heavy (non-hydrogen) atoms. The van der Waals surface area contributed by atoms with E-state index in [4.69, 9.17) is 9.47 Å². The molecule has 0 spiro atoms. The molecule has 1 aromatic carbocycles. The summed E-state index contributed by atoms with van der Waals surface area (Å²) in [6, 6.07) is 5.80. The zero-order chi connectivity index (χ0) is 31.6. The molecule has 0 radical (unpaired) electrons. The van der Waals surface area contributed by atoms with E-state index < -0.39 is 40.5 Å². The number of methoxy groups -OCH3 is 1. The number of carbonyl (C=O) groups is 1. The van der Waals surface area contributed by atoms with Crippen LogP contribution in [0.5, 0.6) is 5.75 Å². The van der Waals surface area contributed by atoms with Crippen molar-refractivity contribution in [2.75, 3.05) is 13.7 Å². The Morgan fingerprint density at radius 3 is 2.49 bits per heavy atom.